The predicted molar refractivity (Wildman–Crippen MR) is 65.8 cm³/mol. The molecule has 0 aliphatic rings. The number of rotatable bonds is 2. The molecule has 0 bridgehead atoms. The molecule has 0 amide bonds. The monoisotopic (exact) mass is 278 g/mol. The summed E-state index contributed by atoms with van der Waals surface area (Å²) in [7, 11) is 0. The second-order valence-electron chi connectivity index (χ2n) is 3.72. The van der Waals surface area contributed by atoms with Crippen LogP contribution >= 0.6 is 15.9 Å². The van der Waals surface area contributed by atoms with E-state index < -0.39 is 0 Å². The van der Waals surface area contributed by atoms with Crippen molar-refractivity contribution in [3.63, 3.8) is 0 Å². The Balaban J connectivity index is 2.45. The van der Waals surface area contributed by atoms with E-state index in [-0.39, 0.29) is 5.78 Å². The average Bonchev–Trinajstić information content (AvgIpc) is 2.67. The van der Waals surface area contributed by atoms with Gasteiger partial charge in [-0.05, 0) is 38.1 Å². The number of ketones is 1. The van der Waals surface area contributed by atoms with E-state index in [1.165, 1.54) is 0 Å². The number of aryl methyl sites for hydroxylation is 2. The molecule has 3 heteroatoms. The summed E-state index contributed by atoms with van der Waals surface area (Å²) in [6.45, 7) is 3.78. The molecule has 1 aromatic heterocycles. The van der Waals surface area contributed by atoms with E-state index in [0.717, 1.165) is 15.8 Å². The molecule has 1 aromatic carbocycles. The van der Waals surface area contributed by atoms with E-state index in [1.54, 1.807) is 12.1 Å². The van der Waals surface area contributed by atoms with Crippen LogP contribution in [0.2, 0.25) is 0 Å². The molecule has 0 radical (unpaired) electrons. The summed E-state index contributed by atoms with van der Waals surface area (Å²) in [6.07, 6.45) is 0. The van der Waals surface area contributed by atoms with Gasteiger partial charge in [-0.2, -0.15) is 0 Å². The molecule has 0 fully saturated rings. The van der Waals surface area contributed by atoms with Crippen LogP contribution in [0.15, 0.2) is 39.2 Å². The van der Waals surface area contributed by atoms with Crippen molar-refractivity contribution in [2.45, 2.75) is 13.8 Å². The Morgan fingerprint density at radius 1 is 1.19 bits per heavy atom. The molecule has 16 heavy (non-hydrogen) atoms. The van der Waals surface area contributed by atoms with E-state index in [0.29, 0.717) is 11.3 Å². The number of carbonyl (C=O) groups is 1. The number of hydrogen-bond acceptors (Lipinski definition) is 2. The molecule has 2 rings (SSSR count). The van der Waals surface area contributed by atoms with Crippen molar-refractivity contribution in [1.29, 1.82) is 0 Å². The lowest BCUT2D eigenvalue weighted by atomic mass is 10.1. The first kappa shape index (κ1) is 11.1. The van der Waals surface area contributed by atoms with E-state index in [4.69, 9.17) is 4.42 Å². The molecule has 0 aliphatic heterocycles. The van der Waals surface area contributed by atoms with Gasteiger partial charge in [0.1, 0.15) is 5.76 Å². The number of benzene rings is 1. The minimum atomic E-state index is -0.0938. The molecule has 0 aliphatic carbocycles. The fraction of sp³-hybridized carbons (Fsp3) is 0.154. The van der Waals surface area contributed by atoms with Crippen LogP contribution in [0.4, 0.5) is 0 Å². The van der Waals surface area contributed by atoms with Gasteiger partial charge in [-0.1, -0.05) is 27.6 Å². The minimum Gasteiger partial charge on any atom is -0.458 e. The molecule has 0 saturated carbocycles. The summed E-state index contributed by atoms with van der Waals surface area (Å²) in [5, 5.41) is 0. The van der Waals surface area contributed by atoms with Crippen molar-refractivity contribution in [3.05, 3.63) is 57.5 Å². The third-order valence-electron chi connectivity index (χ3n) is 2.33. The molecule has 0 N–H and O–H groups in total. The largest absolute Gasteiger partial charge is 0.458 e. The van der Waals surface area contributed by atoms with Gasteiger partial charge in [0.2, 0.25) is 5.78 Å². The molecule has 0 unspecified atom stereocenters. The lowest BCUT2D eigenvalue weighted by Crippen LogP contribution is -2.01. The van der Waals surface area contributed by atoms with Crippen molar-refractivity contribution >= 4 is 21.7 Å². The summed E-state index contributed by atoms with van der Waals surface area (Å²) in [4.78, 5) is 12.1. The second kappa shape index (κ2) is 4.26. The maximum atomic E-state index is 12.1. The zero-order valence-electron chi connectivity index (χ0n) is 9.08. The number of carbonyl (C=O) groups excluding carboxylic acids is 1. The van der Waals surface area contributed by atoms with Crippen LogP contribution in [0.25, 0.3) is 0 Å². The van der Waals surface area contributed by atoms with Gasteiger partial charge in [-0.15, -0.1) is 0 Å². The van der Waals surface area contributed by atoms with Crippen molar-refractivity contribution < 1.29 is 9.21 Å². The van der Waals surface area contributed by atoms with Crippen molar-refractivity contribution in [2.24, 2.45) is 0 Å². The Kier molecular flexibility index (Phi) is 2.97. The topological polar surface area (TPSA) is 30.2 Å². The van der Waals surface area contributed by atoms with E-state index in [2.05, 4.69) is 15.9 Å². The molecular formula is C13H11BrO2. The SMILES string of the molecule is Cc1ccc(Br)c(C(=O)c2ccc(C)o2)c1. The Morgan fingerprint density at radius 2 is 1.94 bits per heavy atom. The molecule has 2 nitrogen and oxygen atoms in total. The molecule has 1 heterocycles. The maximum absolute atomic E-state index is 12.1. The van der Waals surface area contributed by atoms with Crippen LogP contribution in [-0.2, 0) is 0 Å². The lowest BCUT2D eigenvalue weighted by molar-refractivity contribution is 0.101. The van der Waals surface area contributed by atoms with Gasteiger partial charge < -0.3 is 4.42 Å². The first-order valence-electron chi connectivity index (χ1n) is 4.95. The Labute approximate surface area is 102 Å². The molecule has 82 valence electrons. The molecule has 0 atom stereocenters. The van der Waals surface area contributed by atoms with Gasteiger partial charge in [-0.3, -0.25) is 4.79 Å². The summed E-state index contributed by atoms with van der Waals surface area (Å²) in [5.74, 6) is 1.03. The summed E-state index contributed by atoms with van der Waals surface area (Å²) in [5.41, 5.74) is 1.68. The summed E-state index contributed by atoms with van der Waals surface area (Å²) < 4.78 is 6.11. The fourth-order valence-corrected chi connectivity index (χ4v) is 1.93. The second-order valence-corrected chi connectivity index (χ2v) is 4.58. The minimum absolute atomic E-state index is 0.0938. The lowest BCUT2D eigenvalue weighted by Gasteiger charge is -2.02. The van der Waals surface area contributed by atoms with Crippen molar-refractivity contribution in [1.82, 2.24) is 0 Å². The number of hydrogen-bond donors (Lipinski definition) is 0. The Bertz CT molecular complexity index is 541. The van der Waals surface area contributed by atoms with Crippen LogP contribution in [0, 0.1) is 13.8 Å². The third kappa shape index (κ3) is 2.09. The van der Waals surface area contributed by atoms with Crippen molar-refractivity contribution in [3.8, 4) is 0 Å². The zero-order valence-corrected chi connectivity index (χ0v) is 10.7. The third-order valence-corrected chi connectivity index (χ3v) is 3.02. The van der Waals surface area contributed by atoms with Gasteiger partial charge >= 0.3 is 0 Å². The highest BCUT2D eigenvalue weighted by molar-refractivity contribution is 9.10. The molecular weight excluding hydrogens is 268 g/mol. The van der Waals surface area contributed by atoms with E-state index in [1.807, 2.05) is 32.0 Å². The van der Waals surface area contributed by atoms with Crippen LogP contribution in [0.5, 0.6) is 0 Å². The van der Waals surface area contributed by atoms with Crippen LogP contribution in [0.1, 0.15) is 27.4 Å². The number of furan rings is 1. The van der Waals surface area contributed by atoms with Crippen LogP contribution in [0.3, 0.4) is 0 Å². The zero-order chi connectivity index (χ0) is 11.7. The Morgan fingerprint density at radius 3 is 2.56 bits per heavy atom. The van der Waals surface area contributed by atoms with Crippen LogP contribution < -0.4 is 0 Å². The average molecular weight is 279 g/mol. The predicted octanol–water partition coefficient (Wildman–Crippen LogP) is 3.89. The smallest absolute Gasteiger partial charge is 0.229 e. The Hall–Kier alpha value is -1.35. The number of halogens is 1. The first-order valence-corrected chi connectivity index (χ1v) is 5.74. The quantitative estimate of drug-likeness (QED) is 0.781. The normalized spacial score (nSPS) is 10.4. The van der Waals surface area contributed by atoms with Gasteiger partial charge in [0.05, 0.1) is 0 Å². The van der Waals surface area contributed by atoms with Gasteiger partial charge in [0, 0.05) is 10.0 Å². The molecule has 0 spiro atoms. The van der Waals surface area contributed by atoms with E-state index in [9.17, 15) is 4.79 Å². The standard InChI is InChI=1S/C13H11BrO2/c1-8-3-5-11(14)10(7-8)13(15)12-6-4-9(2)16-12/h3-7H,1-2H3. The summed E-state index contributed by atoms with van der Waals surface area (Å²) in [6, 6.07) is 9.17. The highest BCUT2D eigenvalue weighted by Crippen LogP contribution is 2.22. The highest BCUT2D eigenvalue weighted by atomic mass is 79.9. The van der Waals surface area contributed by atoms with Crippen molar-refractivity contribution in [2.75, 3.05) is 0 Å². The highest BCUT2D eigenvalue weighted by Gasteiger charge is 2.15. The maximum Gasteiger partial charge on any atom is 0.229 e. The molecule has 0 saturated heterocycles. The van der Waals surface area contributed by atoms with Gasteiger partial charge in [0.25, 0.3) is 0 Å². The van der Waals surface area contributed by atoms with Gasteiger partial charge in [0.15, 0.2) is 5.76 Å². The van der Waals surface area contributed by atoms with E-state index >= 15 is 0 Å². The van der Waals surface area contributed by atoms with Gasteiger partial charge in [-0.25, -0.2) is 0 Å². The summed E-state index contributed by atoms with van der Waals surface area (Å²) >= 11 is 3.37. The first-order chi connectivity index (χ1) is 7.58. The fourth-order valence-electron chi connectivity index (χ4n) is 1.50. The van der Waals surface area contributed by atoms with Crippen LogP contribution in [-0.4, -0.2) is 5.78 Å². The molecule has 2 aromatic rings.